The molecule has 0 radical (unpaired) electrons. The second kappa shape index (κ2) is 4.77. The molecule has 1 aliphatic carbocycles. The summed E-state index contributed by atoms with van der Waals surface area (Å²) in [6.45, 7) is 4.02. The highest BCUT2D eigenvalue weighted by molar-refractivity contribution is 6.31. The maximum Gasteiger partial charge on any atom is 0.219 e. The molecule has 2 aliphatic rings. The van der Waals surface area contributed by atoms with E-state index in [1.165, 1.54) is 40.6 Å². The monoisotopic (exact) mass is 302 g/mol. The van der Waals surface area contributed by atoms with Crippen LogP contribution in [0.25, 0.3) is 10.9 Å². The zero-order valence-corrected chi connectivity index (χ0v) is 13.0. The van der Waals surface area contributed by atoms with Crippen LogP contribution in [0.1, 0.15) is 36.6 Å². The topological polar surface area (TPSA) is 25.2 Å². The van der Waals surface area contributed by atoms with Crippen LogP contribution in [0.4, 0.5) is 0 Å². The molecule has 0 atom stereocenters. The first kappa shape index (κ1) is 13.2. The molecule has 1 amide bonds. The quantitative estimate of drug-likeness (QED) is 0.731. The highest BCUT2D eigenvalue weighted by Gasteiger charge is 2.25. The van der Waals surface area contributed by atoms with Crippen molar-refractivity contribution in [1.82, 2.24) is 9.47 Å². The SMILES string of the molecule is CC(=O)N1CCn2c3c(c4cc(Cl)cc(c42)C1)CCCC3. The van der Waals surface area contributed by atoms with Crippen LogP contribution in [-0.2, 0) is 30.7 Å². The number of hydrogen-bond donors (Lipinski definition) is 0. The molecule has 1 aromatic heterocycles. The Morgan fingerprint density at radius 2 is 2.00 bits per heavy atom. The third-order valence-corrected chi connectivity index (χ3v) is 5.13. The summed E-state index contributed by atoms with van der Waals surface area (Å²) in [5.41, 5.74) is 5.48. The van der Waals surface area contributed by atoms with Gasteiger partial charge in [0.15, 0.2) is 0 Å². The highest BCUT2D eigenvalue weighted by Crippen LogP contribution is 2.37. The molecule has 4 rings (SSSR count). The van der Waals surface area contributed by atoms with E-state index in [2.05, 4.69) is 10.6 Å². The van der Waals surface area contributed by atoms with E-state index in [0.717, 1.165) is 31.0 Å². The summed E-state index contributed by atoms with van der Waals surface area (Å²) in [5.74, 6) is 0.141. The Bertz CT molecular complexity index is 747. The van der Waals surface area contributed by atoms with Crippen LogP contribution in [0.2, 0.25) is 5.02 Å². The van der Waals surface area contributed by atoms with Gasteiger partial charge >= 0.3 is 0 Å². The lowest BCUT2D eigenvalue weighted by atomic mass is 9.95. The van der Waals surface area contributed by atoms with Crippen LogP contribution in [0.3, 0.4) is 0 Å². The van der Waals surface area contributed by atoms with Gasteiger partial charge in [-0.25, -0.2) is 0 Å². The number of halogens is 1. The third kappa shape index (κ3) is 1.98. The van der Waals surface area contributed by atoms with Crippen molar-refractivity contribution in [2.24, 2.45) is 0 Å². The lowest BCUT2D eigenvalue weighted by molar-refractivity contribution is -0.129. The van der Waals surface area contributed by atoms with Gasteiger partial charge in [0.05, 0.1) is 5.52 Å². The normalized spacial score (nSPS) is 17.7. The summed E-state index contributed by atoms with van der Waals surface area (Å²) in [7, 11) is 0. The first-order valence-corrected chi connectivity index (χ1v) is 8.11. The first-order valence-electron chi connectivity index (χ1n) is 7.73. The maximum absolute atomic E-state index is 11.8. The van der Waals surface area contributed by atoms with Crippen molar-refractivity contribution in [1.29, 1.82) is 0 Å². The van der Waals surface area contributed by atoms with E-state index in [4.69, 9.17) is 11.6 Å². The number of hydrogen-bond acceptors (Lipinski definition) is 1. The van der Waals surface area contributed by atoms with Crippen molar-refractivity contribution in [3.8, 4) is 0 Å². The molecule has 4 heteroatoms. The molecular formula is C17H19ClN2O. The molecule has 0 saturated carbocycles. The number of benzene rings is 1. The van der Waals surface area contributed by atoms with Crippen LogP contribution in [0.5, 0.6) is 0 Å². The molecule has 0 saturated heterocycles. The lowest BCUT2D eigenvalue weighted by Gasteiger charge is -2.20. The molecule has 110 valence electrons. The minimum absolute atomic E-state index is 0.141. The zero-order valence-electron chi connectivity index (χ0n) is 12.3. The minimum atomic E-state index is 0.141. The van der Waals surface area contributed by atoms with Crippen LogP contribution in [0.15, 0.2) is 12.1 Å². The largest absolute Gasteiger partial charge is 0.342 e. The molecule has 3 nitrogen and oxygen atoms in total. The van der Waals surface area contributed by atoms with Gasteiger partial charge in [0.25, 0.3) is 0 Å². The average molecular weight is 303 g/mol. The third-order valence-electron chi connectivity index (χ3n) is 4.91. The Balaban J connectivity index is 1.99. The van der Waals surface area contributed by atoms with E-state index in [1.54, 1.807) is 6.92 Å². The number of nitrogens with zero attached hydrogens (tertiary/aromatic N) is 2. The number of carbonyl (C=O) groups is 1. The highest BCUT2D eigenvalue weighted by atomic mass is 35.5. The Morgan fingerprint density at radius 3 is 2.81 bits per heavy atom. The molecule has 0 bridgehead atoms. The van der Waals surface area contributed by atoms with Crippen molar-refractivity contribution in [3.05, 3.63) is 34.0 Å². The molecule has 2 heterocycles. The Morgan fingerprint density at radius 1 is 1.19 bits per heavy atom. The number of aryl methyl sites for hydroxylation is 1. The summed E-state index contributed by atoms with van der Waals surface area (Å²) in [5, 5.41) is 2.10. The standard InChI is InChI=1S/C17H19ClN2O/c1-11(21)19-6-7-20-16-5-3-2-4-14(16)15-9-13(18)8-12(10-19)17(15)20/h8-9H,2-7,10H2,1H3. The van der Waals surface area contributed by atoms with Crippen molar-refractivity contribution >= 4 is 28.4 Å². The smallest absolute Gasteiger partial charge is 0.219 e. The van der Waals surface area contributed by atoms with Crippen molar-refractivity contribution in [2.45, 2.75) is 45.7 Å². The van der Waals surface area contributed by atoms with Gasteiger partial charge in [-0.1, -0.05) is 11.6 Å². The van der Waals surface area contributed by atoms with Gasteiger partial charge in [-0.2, -0.15) is 0 Å². The minimum Gasteiger partial charge on any atom is -0.342 e. The fourth-order valence-electron chi connectivity index (χ4n) is 3.96. The summed E-state index contributed by atoms with van der Waals surface area (Å²) < 4.78 is 2.46. The fourth-order valence-corrected chi connectivity index (χ4v) is 4.20. The van der Waals surface area contributed by atoms with Gasteiger partial charge in [0, 0.05) is 42.7 Å². The fraction of sp³-hybridized carbons (Fsp3) is 0.471. The van der Waals surface area contributed by atoms with Gasteiger partial charge in [-0.05, 0) is 48.9 Å². The van der Waals surface area contributed by atoms with Crippen LogP contribution >= 0.6 is 11.6 Å². The van der Waals surface area contributed by atoms with Crippen LogP contribution in [-0.4, -0.2) is 21.9 Å². The van der Waals surface area contributed by atoms with E-state index in [1.807, 2.05) is 11.0 Å². The molecule has 2 aromatic rings. The number of carbonyl (C=O) groups excluding carboxylic acids is 1. The first-order chi connectivity index (χ1) is 10.1. The second-order valence-corrected chi connectivity index (χ2v) is 6.62. The van der Waals surface area contributed by atoms with E-state index < -0.39 is 0 Å². The van der Waals surface area contributed by atoms with Crippen molar-refractivity contribution in [3.63, 3.8) is 0 Å². The van der Waals surface area contributed by atoms with E-state index in [9.17, 15) is 4.79 Å². The Hall–Kier alpha value is -1.48. The lowest BCUT2D eigenvalue weighted by Crippen LogP contribution is -2.30. The number of amides is 1. The van der Waals surface area contributed by atoms with Crippen LogP contribution < -0.4 is 0 Å². The van der Waals surface area contributed by atoms with Gasteiger partial charge in [0.2, 0.25) is 5.91 Å². The molecule has 0 spiro atoms. The van der Waals surface area contributed by atoms with E-state index in [-0.39, 0.29) is 5.91 Å². The molecular weight excluding hydrogens is 284 g/mol. The predicted octanol–water partition coefficient (Wildman–Crippen LogP) is 3.54. The van der Waals surface area contributed by atoms with E-state index >= 15 is 0 Å². The summed E-state index contributed by atoms with van der Waals surface area (Å²) >= 11 is 6.35. The molecule has 1 aliphatic heterocycles. The van der Waals surface area contributed by atoms with Crippen LogP contribution in [0, 0.1) is 0 Å². The number of fused-ring (bicyclic) bond motifs is 3. The Labute approximate surface area is 129 Å². The molecule has 0 N–H and O–H groups in total. The van der Waals surface area contributed by atoms with E-state index in [0.29, 0.717) is 6.54 Å². The summed E-state index contributed by atoms with van der Waals surface area (Å²) in [4.78, 5) is 13.7. The molecule has 21 heavy (non-hydrogen) atoms. The number of rotatable bonds is 0. The summed E-state index contributed by atoms with van der Waals surface area (Å²) in [6, 6.07) is 4.15. The number of aromatic nitrogens is 1. The van der Waals surface area contributed by atoms with Crippen molar-refractivity contribution in [2.75, 3.05) is 6.54 Å². The summed E-state index contributed by atoms with van der Waals surface area (Å²) in [6.07, 6.45) is 4.85. The van der Waals surface area contributed by atoms with Crippen molar-refractivity contribution < 1.29 is 4.79 Å². The maximum atomic E-state index is 11.8. The Kier molecular flexibility index (Phi) is 3.00. The van der Waals surface area contributed by atoms with Gasteiger partial charge in [-0.3, -0.25) is 4.79 Å². The predicted molar refractivity (Wildman–Crippen MR) is 84.7 cm³/mol. The molecule has 0 unspecified atom stereocenters. The molecule has 1 aromatic carbocycles. The van der Waals surface area contributed by atoms with Gasteiger partial charge in [-0.15, -0.1) is 0 Å². The zero-order chi connectivity index (χ0) is 14.6. The van der Waals surface area contributed by atoms with Gasteiger partial charge < -0.3 is 9.47 Å². The molecule has 0 fully saturated rings. The second-order valence-electron chi connectivity index (χ2n) is 6.19. The van der Waals surface area contributed by atoms with Gasteiger partial charge in [0.1, 0.15) is 0 Å². The average Bonchev–Trinajstić information content (AvgIpc) is 2.64.